The number of carbonyl (C=O) groups excluding carboxylic acids is 1. The first-order valence-electron chi connectivity index (χ1n) is 7.99. The number of nitrogens with zero attached hydrogens (tertiary/aromatic N) is 2. The van der Waals surface area contributed by atoms with Gasteiger partial charge in [0.25, 0.3) is 5.91 Å². The Morgan fingerprint density at radius 2 is 2.18 bits per heavy atom. The number of hydrogen-bond donors (Lipinski definition) is 1. The number of aliphatic hydroxyl groups is 1. The van der Waals surface area contributed by atoms with Crippen molar-refractivity contribution in [1.29, 1.82) is 0 Å². The molecular formula is C16H24N2O3S. The van der Waals surface area contributed by atoms with Gasteiger partial charge in [-0.05, 0) is 30.7 Å². The number of rotatable bonds is 3. The van der Waals surface area contributed by atoms with Crippen LogP contribution in [0.1, 0.15) is 28.9 Å². The van der Waals surface area contributed by atoms with Gasteiger partial charge >= 0.3 is 0 Å². The van der Waals surface area contributed by atoms with Gasteiger partial charge in [-0.1, -0.05) is 6.07 Å². The fourth-order valence-corrected chi connectivity index (χ4v) is 4.29. The van der Waals surface area contributed by atoms with Gasteiger partial charge in [0.05, 0.1) is 30.2 Å². The fourth-order valence-electron chi connectivity index (χ4n) is 3.59. The second-order valence-corrected chi connectivity index (χ2v) is 7.05. The first-order chi connectivity index (χ1) is 10.7. The van der Waals surface area contributed by atoms with Crippen LogP contribution in [0.15, 0.2) is 17.5 Å². The number of ether oxygens (including phenoxy) is 1. The van der Waals surface area contributed by atoms with Crippen molar-refractivity contribution in [3.05, 3.63) is 22.4 Å². The van der Waals surface area contributed by atoms with Gasteiger partial charge in [-0.2, -0.15) is 0 Å². The average Bonchev–Trinajstić information content (AvgIpc) is 3.09. The molecule has 2 heterocycles. The molecule has 122 valence electrons. The highest BCUT2D eigenvalue weighted by Gasteiger charge is 2.39. The maximum absolute atomic E-state index is 12.5. The third kappa shape index (κ3) is 3.20. The summed E-state index contributed by atoms with van der Waals surface area (Å²) >= 11 is 1.45. The van der Waals surface area contributed by atoms with Gasteiger partial charge in [0.15, 0.2) is 0 Å². The molecule has 1 aliphatic heterocycles. The summed E-state index contributed by atoms with van der Waals surface area (Å²) < 4.78 is 5.40. The molecule has 0 unspecified atom stereocenters. The lowest BCUT2D eigenvalue weighted by Gasteiger charge is -2.45. The largest absolute Gasteiger partial charge is 0.389 e. The van der Waals surface area contributed by atoms with Crippen molar-refractivity contribution in [1.82, 2.24) is 9.80 Å². The molecule has 5 nitrogen and oxygen atoms in total. The van der Waals surface area contributed by atoms with Crippen LogP contribution >= 0.6 is 11.3 Å². The van der Waals surface area contributed by atoms with Crippen molar-refractivity contribution >= 4 is 17.2 Å². The van der Waals surface area contributed by atoms with Gasteiger partial charge in [0.1, 0.15) is 0 Å². The minimum atomic E-state index is -0.485. The molecule has 3 atom stereocenters. The van der Waals surface area contributed by atoms with Crippen molar-refractivity contribution < 1.29 is 14.6 Å². The number of carbonyl (C=O) groups is 1. The van der Waals surface area contributed by atoms with Crippen LogP contribution in [0, 0.1) is 0 Å². The summed E-state index contributed by atoms with van der Waals surface area (Å²) in [5, 5.41) is 12.7. The molecule has 1 amide bonds. The molecule has 0 spiro atoms. The second-order valence-electron chi connectivity index (χ2n) is 6.10. The van der Waals surface area contributed by atoms with E-state index in [4.69, 9.17) is 4.74 Å². The molecular weight excluding hydrogens is 300 g/mol. The van der Waals surface area contributed by atoms with Crippen LogP contribution in [0.4, 0.5) is 0 Å². The smallest absolute Gasteiger partial charge is 0.263 e. The Morgan fingerprint density at radius 3 is 2.86 bits per heavy atom. The van der Waals surface area contributed by atoms with Crippen molar-refractivity contribution in [2.75, 3.05) is 33.4 Å². The third-order valence-electron chi connectivity index (χ3n) is 4.85. The Balaban J connectivity index is 1.68. The van der Waals surface area contributed by atoms with E-state index in [9.17, 15) is 9.90 Å². The van der Waals surface area contributed by atoms with Crippen LogP contribution in [-0.4, -0.2) is 72.4 Å². The lowest BCUT2D eigenvalue weighted by atomic mass is 9.86. The summed E-state index contributed by atoms with van der Waals surface area (Å²) in [6.07, 6.45) is 2.43. The summed E-state index contributed by atoms with van der Waals surface area (Å²) in [5.41, 5.74) is 0. The molecule has 1 N–H and O–H groups in total. The molecule has 1 saturated carbocycles. The maximum atomic E-state index is 12.5. The maximum Gasteiger partial charge on any atom is 0.263 e. The first kappa shape index (κ1) is 15.9. The predicted molar refractivity (Wildman–Crippen MR) is 86.2 cm³/mol. The molecule has 1 saturated heterocycles. The molecule has 2 fully saturated rings. The molecule has 6 heteroatoms. The highest BCUT2D eigenvalue weighted by atomic mass is 32.1. The van der Waals surface area contributed by atoms with E-state index >= 15 is 0 Å². The molecule has 1 aromatic rings. The second kappa shape index (κ2) is 7.08. The van der Waals surface area contributed by atoms with Gasteiger partial charge in [-0.25, -0.2) is 0 Å². The molecule has 3 rings (SSSR count). The number of likely N-dealkylation sites (N-methyl/N-ethyl adjacent to an activating group) is 1. The Kier molecular flexibility index (Phi) is 5.13. The number of amides is 1. The van der Waals surface area contributed by atoms with Crippen molar-refractivity contribution in [2.24, 2.45) is 0 Å². The molecule has 0 radical (unpaired) electrons. The molecule has 22 heavy (non-hydrogen) atoms. The fraction of sp³-hybridized carbons (Fsp3) is 0.688. The third-order valence-corrected chi connectivity index (χ3v) is 5.71. The highest BCUT2D eigenvalue weighted by molar-refractivity contribution is 7.12. The van der Waals surface area contributed by atoms with Crippen LogP contribution in [0.25, 0.3) is 0 Å². The van der Waals surface area contributed by atoms with Gasteiger partial charge in [0.2, 0.25) is 0 Å². The number of hydrogen-bond acceptors (Lipinski definition) is 5. The zero-order chi connectivity index (χ0) is 15.5. The Morgan fingerprint density at radius 1 is 1.41 bits per heavy atom. The van der Waals surface area contributed by atoms with E-state index in [-0.39, 0.29) is 18.0 Å². The highest BCUT2D eigenvalue weighted by Crippen LogP contribution is 2.28. The molecule has 2 aliphatic rings. The van der Waals surface area contributed by atoms with Gasteiger partial charge in [-0.3, -0.25) is 9.69 Å². The van der Waals surface area contributed by atoms with Crippen molar-refractivity contribution in [2.45, 2.75) is 37.5 Å². The number of aliphatic hydroxyl groups excluding tert-OH is 1. The molecule has 0 aromatic carbocycles. The van der Waals surface area contributed by atoms with E-state index in [1.807, 2.05) is 24.6 Å². The summed E-state index contributed by atoms with van der Waals surface area (Å²) in [5.74, 6) is 0.0154. The summed E-state index contributed by atoms with van der Waals surface area (Å²) in [6.45, 7) is 3.21. The van der Waals surface area contributed by atoms with Gasteiger partial charge < -0.3 is 14.7 Å². The van der Waals surface area contributed by atoms with E-state index < -0.39 is 6.10 Å². The normalized spacial score (nSPS) is 30.2. The number of thiophene rings is 1. The van der Waals surface area contributed by atoms with E-state index in [0.717, 1.165) is 50.4 Å². The molecule has 1 aliphatic carbocycles. The van der Waals surface area contributed by atoms with Crippen LogP contribution in [0.5, 0.6) is 0 Å². The Labute approximate surface area is 135 Å². The lowest BCUT2D eigenvalue weighted by molar-refractivity contribution is -0.0613. The SMILES string of the molecule is CN(C(=O)c1cccs1)[C@@H]1CCC[C@@H](N2CCOCC2)[C@@H]1O. The van der Waals surface area contributed by atoms with Crippen molar-refractivity contribution in [3.63, 3.8) is 0 Å². The Hall–Kier alpha value is -0.950. The standard InChI is InChI=1S/C16H24N2O3S/c1-17(16(20)14-6-3-11-22-14)12-4-2-5-13(15(12)19)18-7-9-21-10-8-18/h3,6,11-13,15,19H,2,4-5,7-10H2,1H3/t12-,13-,15-/m1/s1. The van der Waals surface area contributed by atoms with Crippen molar-refractivity contribution in [3.8, 4) is 0 Å². The van der Waals surface area contributed by atoms with Gasteiger partial charge in [-0.15, -0.1) is 11.3 Å². The van der Waals surface area contributed by atoms with E-state index in [1.165, 1.54) is 11.3 Å². The van der Waals surface area contributed by atoms with E-state index in [1.54, 1.807) is 4.90 Å². The van der Waals surface area contributed by atoms with E-state index in [2.05, 4.69) is 4.90 Å². The lowest BCUT2D eigenvalue weighted by Crippen LogP contribution is -2.58. The Bertz CT molecular complexity index is 488. The van der Waals surface area contributed by atoms with Crippen LogP contribution in [-0.2, 0) is 4.74 Å². The predicted octanol–water partition coefficient (Wildman–Crippen LogP) is 1.43. The van der Waals surface area contributed by atoms with E-state index in [0.29, 0.717) is 0 Å². The minimum Gasteiger partial charge on any atom is -0.389 e. The minimum absolute atomic E-state index is 0.0154. The first-order valence-corrected chi connectivity index (χ1v) is 8.87. The molecule has 0 bridgehead atoms. The summed E-state index contributed by atoms with van der Waals surface area (Å²) in [6, 6.07) is 3.77. The topological polar surface area (TPSA) is 53.0 Å². The summed E-state index contributed by atoms with van der Waals surface area (Å²) in [7, 11) is 1.82. The zero-order valence-corrected chi connectivity index (χ0v) is 13.8. The number of morpholine rings is 1. The van der Waals surface area contributed by atoms with Crippen LogP contribution in [0.2, 0.25) is 0 Å². The van der Waals surface area contributed by atoms with Gasteiger partial charge in [0, 0.05) is 26.2 Å². The average molecular weight is 324 g/mol. The summed E-state index contributed by atoms with van der Waals surface area (Å²) in [4.78, 5) is 17.3. The van der Waals surface area contributed by atoms with Crippen LogP contribution < -0.4 is 0 Å². The van der Waals surface area contributed by atoms with Crippen LogP contribution in [0.3, 0.4) is 0 Å². The zero-order valence-electron chi connectivity index (χ0n) is 13.0. The monoisotopic (exact) mass is 324 g/mol. The molecule has 1 aromatic heterocycles. The quantitative estimate of drug-likeness (QED) is 0.914.